The van der Waals surface area contributed by atoms with Crippen molar-refractivity contribution in [3.05, 3.63) is 54.6 Å². The Morgan fingerprint density at radius 2 is 1.40 bits per heavy atom. The van der Waals surface area contributed by atoms with Crippen LogP contribution in [-0.4, -0.2) is 12.5 Å². The molecule has 0 N–H and O–H groups in total. The van der Waals surface area contributed by atoms with Gasteiger partial charge >= 0.3 is 0 Å². The lowest BCUT2D eigenvalue weighted by atomic mass is 10.0. The highest BCUT2D eigenvalue weighted by molar-refractivity contribution is 6.17. The molecule has 0 spiro atoms. The van der Waals surface area contributed by atoms with Crippen molar-refractivity contribution in [2.75, 3.05) is 12.5 Å². The van der Waals surface area contributed by atoms with Crippen molar-refractivity contribution in [2.45, 2.75) is 12.8 Å². The van der Waals surface area contributed by atoms with Gasteiger partial charge in [-0.1, -0.05) is 48.5 Å². The van der Waals surface area contributed by atoms with Crippen LogP contribution in [0.5, 0.6) is 5.75 Å². The van der Waals surface area contributed by atoms with Crippen molar-refractivity contribution in [3.63, 3.8) is 0 Å². The minimum absolute atomic E-state index is 0.694. The summed E-state index contributed by atoms with van der Waals surface area (Å²) in [5.74, 6) is 1.69. The Morgan fingerprint density at radius 1 is 0.800 bits per heavy atom. The van der Waals surface area contributed by atoms with Gasteiger partial charge in [0.1, 0.15) is 5.75 Å². The van der Waals surface area contributed by atoms with Gasteiger partial charge in [0.2, 0.25) is 0 Å². The summed E-state index contributed by atoms with van der Waals surface area (Å²) in [4.78, 5) is 0. The number of rotatable bonds is 5. The van der Waals surface area contributed by atoms with Crippen molar-refractivity contribution < 1.29 is 4.74 Å². The number of unbranched alkanes of at least 4 members (excludes halogenated alkanes) is 1. The molecule has 0 aliphatic rings. The maximum absolute atomic E-state index is 6.08. The topological polar surface area (TPSA) is 9.23 Å². The monoisotopic (exact) mass is 284 g/mol. The zero-order valence-electron chi connectivity index (χ0n) is 11.3. The molecule has 3 aromatic carbocycles. The van der Waals surface area contributed by atoms with E-state index in [0.29, 0.717) is 12.5 Å². The summed E-state index contributed by atoms with van der Waals surface area (Å²) < 4.78 is 6.08. The fourth-order valence-electron chi connectivity index (χ4n) is 2.50. The largest absolute Gasteiger partial charge is 0.492 e. The molecule has 0 aliphatic heterocycles. The molecule has 3 rings (SSSR count). The van der Waals surface area contributed by atoms with Crippen LogP contribution < -0.4 is 4.74 Å². The second kappa shape index (κ2) is 6.15. The summed E-state index contributed by atoms with van der Waals surface area (Å²) in [6.07, 6.45) is 1.98. The molecule has 0 atom stereocenters. The van der Waals surface area contributed by atoms with Crippen LogP contribution in [0.1, 0.15) is 12.8 Å². The number of fused-ring (bicyclic) bond motifs is 2. The van der Waals surface area contributed by atoms with Gasteiger partial charge in [0.25, 0.3) is 0 Å². The quantitative estimate of drug-likeness (QED) is 0.347. The summed E-state index contributed by atoms with van der Waals surface area (Å²) in [5, 5.41) is 4.80. The molecule has 0 aromatic heterocycles. The van der Waals surface area contributed by atoms with E-state index in [1.165, 1.54) is 21.5 Å². The molecule has 2 heteroatoms. The van der Waals surface area contributed by atoms with Crippen LogP contribution in [0, 0.1) is 0 Å². The van der Waals surface area contributed by atoms with Crippen molar-refractivity contribution in [2.24, 2.45) is 0 Å². The van der Waals surface area contributed by atoms with Gasteiger partial charge in [-0.05, 0) is 29.7 Å². The van der Waals surface area contributed by atoms with Crippen LogP contribution >= 0.6 is 11.6 Å². The van der Waals surface area contributed by atoms with Gasteiger partial charge in [0.15, 0.2) is 0 Å². The van der Waals surface area contributed by atoms with E-state index < -0.39 is 0 Å². The normalized spacial score (nSPS) is 11.1. The van der Waals surface area contributed by atoms with Crippen LogP contribution in [0.15, 0.2) is 54.6 Å². The Hall–Kier alpha value is -1.73. The average molecular weight is 285 g/mol. The summed E-state index contributed by atoms with van der Waals surface area (Å²) in [7, 11) is 0. The Labute approximate surface area is 124 Å². The first-order chi connectivity index (χ1) is 9.90. The molecular formula is C18H17ClO. The van der Waals surface area contributed by atoms with Crippen LogP contribution in [0.2, 0.25) is 0 Å². The van der Waals surface area contributed by atoms with Crippen molar-refractivity contribution in [3.8, 4) is 5.75 Å². The molecule has 3 aromatic rings. The fourth-order valence-corrected chi connectivity index (χ4v) is 2.69. The Bertz CT molecular complexity index is 667. The highest BCUT2D eigenvalue weighted by Crippen LogP contribution is 2.34. The van der Waals surface area contributed by atoms with Gasteiger partial charge in [0, 0.05) is 16.7 Å². The lowest BCUT2D eigenvalue weighted by molar-refractivity contribution is 0.317. The van der Waals surface area contributed by atoms with E-state index >= 15 is 0 Å². The number of ether oxygens (including phenoxy) is 1. The third kappa shape index (κ3) is 2.59. The average Bonchev–Trinajstić information content (AvgIpc) is 2.50. The predicted octanol–water partition coefficient (Wildman–Crippen LogP) is 5.39. The SMILES string of the molecule is ClCCCCOc1c2ccccc2cc2ccccc12. The molecule has 0 aliphatic carbocycles. The molecule has 0 saturated heterocycles. The standard InChI is InChI=1S/C18H17ClO/c19-11-5-6-12-20-18-16-9-3-1-7-14(16)13-15-8-2-4-10-17(15)18/h1-4,7-10,13H,5-6,11-12H2. The minimum Gasteiger partial charge on any atom is -0.492 e. The van der Waals surface area contributed by atoms with Crippen LogP contribution in [0.3, 0.4) is 0 Å². The minimum atomic E-state index is 0.694. The lowest BCUT2D eigenvalue weighted by Crippen LogP contribution is -1.99. The molecule has 0 saturated carbocycles. The first-order valence-corrected chi connectivity index (χ1v) is 7.53. The van der Waals surface area contributed by atoms with E-state index in [1.807, 2.05) is 0 Å². The summed E-state index contributed by atoms with van der Waals surface area (Å²) >= 11 is 5.72. The Morgan fingerprint density at radius 3 is 2.00 bits per heavy atom. The van der Waals surface area contributed by atoms with Crippen molar-refractivity contribution >= 4 is 33.1 Å². The highest BCUT2D eigenvalue weighted by Gasteiger charge is 2.08. The van der Waals surface area contributed by atoms with Gasteiger partial charge in [0.05, 0.1) is 6.61 Å². The predicted molar refractivity (Wildman–Crippen MR) is 86.9 cm³/mol. The summed E-state index contributed by atoms with van der Waals surface area (Å²) in [5.41, 5.74) is 0. The smallest absolute Gasteiger partial charge is 0.134 e. The maximum atomic E-state index is 6.08. The number of halogens is 1. The maximum Gasteiger partial charge on any atom is 0.134 e. The van der Waals surface area contributed by atoms with E-state index in [1.54, 1.807) is 0 Å². The van der Waals surface area contributed by atoms with Gasteiger partial charge in [-0.15, -0.1) is 11.6 Å². The fraction of sp³-hybridized carbons (Fsp3) is 0.222. The molecule has 1 nitrogen and oxygen atoms in total. The first-order valence-electron chi connectivity index (χ1n) is 6.99. The van der Waals surface area contributed by atoms with Gasteiger partial charge in [-0.2, -0.15) is 0 Å². The van der Waals surface area contributed by atoms with E-state index in [-0.39, 0.29) is 0 Å². The molecule has 0 fully saturated rings. The Kier molecular flexibility index (Phi) is 4.08. The molecule has 0 bridgehead atoms. The highest BCUT2D eigenvalue weighted by atomic mass is 35.5. The number of benzene rings is 3. The number of alkyl halides is 1. The molecule has 0 heterocycles. The molecule has 0 radical (unpaired) electrons. The molecule has 0 unspecified atom stereocenters. The lowest BCUT2D eigenvalue weighted by Gasteiger charge is -2.13. The second-order valence-corrected chi connectivity index (χ2v) is 5.27. The molecule has 20 heavy (non-hydrogen) atoms. The zero-order valence-corrected chi connectivity index (χ0v) is 12.1. The van der Waals surface area contributed by atoms with Crippen molar-refractivity contribution in [1.82, 2.24) is 0 Å². The third-order valence-corrected chi connectivity index (χ3v) is 3.76. The zero-order chi connectivity index (χ0) is 13.8. The van der Waals surface area contributed by atoms with Gasteiger partial charge in [-0.3, -0.25) is 0 Å². The van der Waals surface area contributed by atoms with Crippen molar-refractivity contribution in [1.29, 1.82) is 0 Å². The Balaban J connectivity index is 2.08. The second-order valence-electron chi connectivity index (χ2n) is 4.89. The van der Waals surface area contributed by atoms with Crippen LogP contribution in [0.25, 0.3) is 21.5 Å². The number of hydrogen-bond acceptors (Lipinski definition) is 1. The molecule has 0 amide bonds. The van der Waals surface area contributed by atoms with Crippen LogP contribution in [0.4, 0.5) is 0 Å². The van der Waals surface area contributed by atoms with Gasteiger partial charge in [-0.25, -0.2) is 0 Å². The summed E-state index contributed by atoms with van der Waals surface area (Å²) in [6.45, 7) is 0.713. The first kappa shape index (κ1) is 13.3. The van der Waals surface area contributed by atoms with E-state index in [9.17, 15) is 0 Å². The molecular weight excluding hydrogens is 268 g/mol. The third-order valence-electron chi connectivity index (χ3n) is 3.50. The summed E-state index contributed by atoms with van der Waals surface area (Å²) in [6, 6.07) is 19.0. The van der Waals surface area contributed by atoms with E-state index in [0.717, 1.165) is 18.6 Å². The van der Waals surface area contributed by atoms with Crippen LogP contribution in [-0.2, 0) is 0 Å². The van der Waals surface area contributed by atoms with E-state index in [4.69, 9.17) is 16.3 Å². The molecule has 102 valence electrons. The van der Waals surface area contributed by atoms with Gasteiger partial charge < -0.3 is 4.74 Å². The van der Waals surface area contributed by atoms with E-state index in [2.05, 4.69) is 54.6 Å². The number of hydrogen-bond donors (Lipinski definition) is 0.